The van der Waals surface area contributed by atoms with Crippen LogP contribution in [0, 0.1) is 17.8 Å². The largest absolute Gasteiger partial charge is 0.294 e. The highest BCUT2D eigenvalue weighted by molar-refractivity contribution is 5.97. The van der Waals surface area contributed by atoms with Gasteiger partial charge in [-0.25, -0.2) is 0 Å². The van der Waals surface area contributed by atoms with Gasteiger partial charge in [-0.1, -0.05) is 18.9 Å². The molecule has 0 aromatic carbocycles. The number of hydrogen-bond acceptors (Lipinski definition) is 1. The van der Waals surface area contributed by atoms with Gasteiger partial charge in [0.05, 0.1) is 0 Å². The van der Waals surface area contributed by atoms with E-state index in [1.165, 1.54) is 50.5 Å². The van der Waals surface area contributed by atoms with Gasteiger partial charge in [-0.3, -0.25) is 4.79 Å². The van der Waals surface area contributed by atoms with E-state index in [0.717, 1.165) is 24.7 Å². The zero-order valence-corrected chi connectivity index (χ0v) is 10.1. The van der Waals surface area contributed by atoms with E-state index in [0.29, 0.717) is 11.7 Å². The number of carbonyl (C=O) groups excluding carboxylic acids is 1. The van der Waals surface area contributed by atoms with Gasteiger partial charge in [0, 0.05) is 5.92 Å². The SMILES string of the molecule is O=C(C1=CCCCCCC1)C1CC2CC2C1. The summed E-state index contributed by atoms with van der Waals surface area (Å²) in [6.45, 7) is 0. The molecule has 3 aliphatic carbocycles. The Morgan fingerprint density at radius 1 is 1.00 bits per heavy atom. The lowest BCUT2D eigenvalue weighted by Crippen LogP contribution is -2.15. The van der Waals surface area contributed by atoms with Crippen molar-refractivity contribution in [2.75, 3.05) is 0 Å². The Bertz CT molecular complexity index is 305. The quantitative estimate of drug-likeness (QED) is 0.687. The molecule has 88 valence electrons. The first-order valence-electron chi connectivity index (χ1n) is 7.08. The third-order valence-electron chi connectivity index (χ3n) is 4.72. The van der Waals surface area contributed by atoms with Crippen molar-refractivity contribution in [1.29, 1.82) is 0 Å². The average Bonchev–Trinajstić information content (AvgIpc) is 2.84. The molecule has 0 radical (unpaired) electrons. The predicted octanol–water partition coefficient (Wildman–Crippen LogP) is 3.88. The molecule has 3 aliphatic rings. The standard InChI is InChI=1S/C15H22O/c16-15(14-9-12-8-13(12)10-14)11-6-4-2-1-3-5-7-11/h6,12-14H,1-5,7-10H2. The molecule has 0 aromatic heterocycles. The second-order valence-electron chi connectivity index (χ2n) is 5.97. The van der Waals surface area contributed by atoms with E-state index in [1.807, 2.05) is 0 Å². The number of hydrogen-bond donors (Lipinski definition) is 0. The third kappa shape index (κ3) is 2.09. The third-order valence-corrected chi connectivity index (χ3v) is 4.72. The van der Waals surface area contributed by atoms with E-state index in [4.69, 9.17) is 0 Å². The molecule has 2 fully saturated rings. The lowest BCUT2D eigenvalue weighted by atomic mass is 9.88. The number of carbonyl (C=O) groups is 1. The summed E-state index contributed by atoms with van der Waals surface area (Å²) in [5.74, 6) is 2.80. The summed E-state index contributed by atoms with van der Waals surface area (Å²) in [5, 5.41) is 0. The molecule has 1 nitrogen and oxygen atoms in total. The highest BCUT2D eigenvalue weighted by atomic mass is 16.1. The Hall–Kier alpha value is -0.590. The maximum absolute atomic E-state index is 12.4. The van der Waals surface area contributed by atoms with Gasteiger partial charge in [-0.2, -0.15) is 0 Å². The lowest BCUT2D eigenvalue weighted by molar-refractivity contribution is -0.119. The molecular weight excluding hydrogens is 196 g/mol. The van der Waals surface area contributed by atoms with Crippen LogP contribution < -0.4 is 0 Å². The minimum atomic E-state index is 0.412. The van der Waals surface area contributed by atoms with Gasteiger partial charge < -0.3 is 0 Å². The highest BCUT2D eigenvalue weighted by Gasteiger charge is 2.48. The molecule has 0 heterocycles. The second-order valence-corrected chi connectivity index (χ2v) is 5.97. The first kappa shape index (κ1) is 10.6. The summed E-state index contributed by atoms with van der Waals surface area (Å²) in [6, 6.07) is 0. The summed E-state index contributed by atoms with van der Waals surface area (Å²) < 4.78 is 0. The molecule has 0 bridgehead atoms. The summed E-state index contributed by atoms with van der Waals surface area (Å²) in [4.78, 5) is 12.4. The van der Waals surface area contributed by atoms with Crippen LogP contribution in [0.15, 0.2) is 11.6 Å². The average molecular weight is 218 g/mol. The molecule has 0 N–H and O–H groups in total. The van der Waals surface area contributed by atoms with Crippen LogP contribution in [0.5, 0.6) is 0 Å². The molecule has 0 aliphatic heterocycles. The van der Waals surface area contributed by atoms with E-state index < -0.39 is 0 Å². The molecule has 0 aromatic rings. The minimum absolute atomic E-state index is 0.412. The van der Waals surface area contributed by atoms with Gasteiger partial charge in [-0.15, -0.1) is 0 Å². The van der Waals surface area contributed by atoms with Crippen molar-refractivity contribution in [3.8, 4) is 0 Å². The Balaban J connectivity index is 1.63. The molecule has 1 heteroatoms. The Kier molecular flexibility index (Phi) is 2.87. The highest BCUT2D eigenvalue weighted by Crippen LogP contribution is 2.55. The molecule has 0 spiro atoms. The summed E-state index contributed by atoms with van der Waals surface area (Å²) in [6.07, 6.45) is 13.5. The molecular formula is C15H22O. The van der Waals surface area contributed by atoms with Crippen molar-refractivity contribution in [2.24, 2.45) is 17.8 Å². The predicted molar refractivity (Wildman–Crippen MR) is 65.1 cm³/mol. The first-order chi connectivity index (χ1) is 7.84. The molecule has 2 unspecified atom stereocenters. The van der Waals surface area contributed by atoms with Gasteiger partial charge in [0.15, 0.2) is 5.78 Å². The Morgan fingerprint density at radius 2 is 1.75 bits per heavy atom. The van der Waals surface area contributed by atoms with Crippen LogP contribution in [0.3, 0.4) is 0 Å². The number of ketones is 1. The van der Waals surface area contributed by atoms with Crippen molar-refractivity contribution < 1.29 is 4.79 Å². The van der Waals surface area contributed by atoms with Crippen LogP contribution in [-0.2, 0) is 4.79 Å². The summed E-state index contributed by atoms with van der Waals surface area (Å²) >= 11 is 0. The van der Waals surface area contributed by atoms with Crippen LogP contribution in [0.2, 0.25) is 0 Å². The van der Waals surface area contributed by atoms with Gasteiger partial charge in [0.2, 0.25) is 0 Å². The molecule has 2 saturated carbocycles. The summed E-state index contributed by atoms with van der Waals surface area (Å²) in [7, 11) is 0. The lowest BCUT2D eigenvalue weighted by Gasteiger charge is -2.15. The maximum Gasteiger partial charge on any atom is 0.161 e. The van der Waals surface area contributed by atoms with E-state index in [1.54, 1.807) is 0 Å². The van der Waals surface area contributed by atoms with E-state index in [2.05, 4.69) is 6.08 Å². The van der Waals surface area contributed by atoms with Crippen LogP contribution in [-0.4, -0.2) is 5.78 Å². The first-order valence-corrected chi connectivity index (χ1v) is 7.08. The zero-order valence-electron chi connectivity index (χ0n) is 10.1. The van der Waals surface area contributed by atoms with Crippen LogP contribution in [0.4, 0.5) is 0 Å². The molecule has 2 atom stereocenters. The molecule has 0 saturated heterocycles. The van der Waals surface area contributed by atoms with Gasteiger partial charge >= 0.3 is 0 Å². The fourth-order valence-electron chi connectivity index (χ4n) is 3.61. The molecule has 3 rings (SSSR count). The number of allylic oxidation sites excluding steroid dienone is 2. The maximum atomic E-state index is 12.4. The minimum Gasteiger partial charge on any atom is -0.294 e. The van der Waals surface area contributed by atoms with Crippen molar-refractivity contribution in [2.45, 2.75) is 57.8 Å². The Morgan fingerprint density at radius 3 is 2.56 bits per heavy atom. The van der Waals surface area contributed by atoms with Crippen LogP contribution >= 0.6 is 0 Å². The van der Waals surface area contributed by atoms with E-state index >= 15 is 0 Å². The monoisotopic (exact) mass is 218 g/mol. The molecule has 0 amide bonds. The zero-order chi connectivity index (χ0) is 11.0. The number of rotatable bonds is 2. The van der Waals surface area contributed by atoms with Gasteiger partial charge in [0.1, 0.15) is 0 Å². The van der Waals surface area contributed by atoms with E-state index in [-0.39, 0.29) is 0 Å². The fourth-order valence-corrected chi connectivity index (χ4v) is 3.61. The van der Waals surface area contributed by atoms with Crippen molar-refractivity contribution in [1.82, 2.24) is 0 Å². The van der Waals surface area contributed by atoms with Gasteiger partial charge in [0.25, 0.3) is 0 Å². The van der Waals surface area contributed by atoms with Crippen LogP contribution in [0.1, 0.15) is 57.8 Å². The normalized spacial score (nSPS) is 38.2. The van der Waals surface area contributed by atoms with Gasteiger partial charge in [-0.05, 0) is 62.4 Å². The van der Waals surface area contributed by atoms with Crippen molar-refractivity contribution in [3.63, 3.8) is 0 Å². The van der Waals surface area contributed by atoms with Crippen molar-refractivity contribution in [3.05, 3.63) is 11.6 Å². The van der Waals surface area contributed by atoms with E-state index in [9.17, 15) is 4.79 Å². The van der Waals surface area contributed by atoms with Crippen LogP contribution in [0.25, 0.3) is 0 Å². The topological polar surface area (TPSA) is 17.1 Å². The number of fused-ring (bicyclic) bond motifs is 1. The summed E-state index contributed by atoms with van der Waals surface area (Å²) in [5.41, 5.74) is 1.19. The Labute approximate surface area is 98.3 Å². The molecule has 16 heavy (non-hydrogen) atoms. The smallest absolute Gasteiger partial charge is 0.161 e. The fraction of sp³-hybridized carbons (Fsp3) is 0.800. The van der Waals surface area contributed by atoms with Crippen molar-refractivity contribution >= 4 is 5.78 Å². The number of Topliss-reactive ketones (excluding diaryl/α,β-unsaturated/α-hetero) is 1. The second kappa shape index (κ2) is 4.35.